The van der Waals surface area contributed by atoms with Crippen LogP contribution in [0.3, 0.4) is 0 Å². The third-order valence-corrected chi connectivity index (χ3v) is 4.11. The molecule has 3 heteroatoms. The molecule has 0 amide bonds. The molecule has 1 unspecified atom stereocenters. The quantitative estimate of drug-likeness (QED) is 0.858. The first kappa shape index (κ1) is 11.8. The number of rotatable bonds is 2. The first-order chi connectivity index (χ1) is 7.72. The van der Waals surface area contributed by atoms with Crippen LogP contribution in [0.25, 0.3) is 0 Å². The first-order valence-corrected chi connectivity index (χ1v) is 6.81. The molecule has 0 aliphatic carbocycles. The molecule has 88 valence electrons. The fourth-order valence-corrected chi connectivity index (χ4v) is 3.15. The van der Waals surface area contributed by atoms with E-state index in [1.165, 1.54) is 5.56 Å². The van der Waals surface area contributed by atoms with Gasteiger partial charge in [-0.25, -0.2) is 0 Å². The van der Waals surface area contributed by atoms with Crippen molar-refractivity contribution in [2.24, 2.45) is 0 Å². The third kappa shape index (κ3) is 2.36. The molecule has 0 aromatic heterocycles. The maximum atomic E-state index is 10.1. The van der Waals surface area contributed by atoms with Crippen LogP contribution in [0.5, 0.6) is 5.75 Å². The molecule has 1 aliphatic heterocycles. The Bertz CT molecular complexity index is 365. The average Bonchev–Trinajstić information content (AvgIpc) is 2.40. The van der Waals surface area contributed by atoms with Gasteiger partial charge < -0.3 is 9.84 Å². The monoisotopic (exact) mass is 238 g/mol. The summed E-state index contributed by atoms with van der Waals surface area (Å²) in [4.78, 5) is 0. The van der Waals surface area contributed by atoms with E-state index in [-0.39, 0.29) is 6.10 Å². The zero-order valence-electron chi connectivity index (χ0n) is 9.77. The number of aliphatic hydroxyl groups excluding tert-OH is 1. The van der Waals surface area contributed by atoms with Crippen LogP contribution in [0, 0.1) is 0 Å². The Morgan fingerprint density at radius 3 is 3.06 bits per heavy atom. The van der Waals surface area contributed by atoms with Gasteiger partial charge in [0.2, 0.25) is 0 Å². The molecule has 0 saturated carbocycles. The van der Waals surface area contributed by atoms with Crippen LogP contribution in [0.1, 0.15) is 37.5 Å². The van der Waals surface area contributed by atoms with Gasteiger partial charge in [-0.2, -0.15) is 11.8 Å². The lowest BCUT2D eigenvalue weighted by atomic mass is 9.99. The largest absolute Gasteiger partial charge is 0.494 e. The van der Waals surface area contributed by atoms with E-state index in [2.05, 4.69) is 6.92 Å². The molecule has 2 rings (SSSR count). The second-order valence-electron chi connectivity index (χ2n) is 4.13. The van der Waals surface area contributed by atoms with Gasteiger partial charge in [-0.05, 0) is 25.0 Å². The van der Waals surface area contributed by atoms with Crippen molar-refractivity contribution in [1.82, 2.24) is 0 Å². The van der Waals surface area contributed by atoms with Crippen LogP contribution >= 0.6 is 11.8 Å². The molecular weight excluding hydrogens is 220 g/mol. The number of hydrogen-bond acceptors (Lipinski definition) is 3. The summed E-state index contributed by atoms with van der Waals surface area (Å²) in [6, 6.07) is 5.97. The molecule has 0 spiro atoms. The minimum Gasteiger partial charge on any atom is -0.494 e. The van der Waals surface area contributed by atoms with Crippen molar-refractivity contribution >= 4 is 11.8 Å². The maximum Gasteiger partial charge on any atom is 0.123 e. The lowest BCUT2D eigenvalue weighted by Gasteiger charge is -2.15. The predicted octanol–water partition coefficient (Wildman–Crippen LogP) is 3.14. The Hall–Kier alpha value is -0.670. The minimum atomic E-state index is -0.347. The molecule has 0 saturated heterocycles. The highest BCUT2D eigenvalue weighted by molar-refractivity contribution is 7.99. The number of fused-ring (bicyclic) bond motifs is 1. The molecule has 2 atom stereocenters. The van der Waals surface area contributed by atoms with Gasteiger partial charge in [0.05, 0.1) is 12.7 Å². The van der Waals surface area contributed by atoms with Crippen LogP contribution in [0.4, 0.5) is 0 Å². The van der Waals surface area contributed by atoms with E-state index >= 15 is 0 Å². The SMILES string of the molecule is CCOc1cccc2c1CSC(C)C[C@H]2O. The smallest absolute Gasteiger partial charge is 0.123 e. The summed E-state index contributed by atoms with van der Waals surface area (Å²) in [5.74, 6) is 1.87. The lowest BCUT2D eigenvalue weighted by Crippen LogP contribution is -2.04. The van der Waals surface area contributed by atoms with Crippen molar-refractivity contribution in [1.29, 1.82) is 0 Å². The molecule has 16 heavy (non-hydrogen) atoms. The number of aliphatic hydroxyl groups is 1. The van der Waals surface area contributed by atoms with Gasteiger partial charge in [0.15, 0.2) is 0 Å². The van der Waals surface area contributed by atoms with Crippen molar-refractivity contribution in [3.8, 4) is 5.75 Å². The fourth-order valence-electron chi connectivity index (χ4n) is 2.08. The van der Waals surface area contributed by atoms with Crippen LogP contribution in [-0.2, 0) is 5.75 Å². The summed E-state index contributed by atoms with van der Waals surface area (Å²) >= 11 is 1.89. The highest BCUT2D eigenvalue weighted by Crippen LogP contribution is 2.38. The number of thioether (sulfide) groups is 1. The minimum absolute atomic E-state index is 0.347. The normalized spacial score (nSPS) is 24.7. The van der Waals surface area contributed by atoms with E-state index in [0.29, 0.717) is 11.9 Å². The lowest BCUT2D eigenvalue weighted by molar-refractivity contribution is 0.168. The molecule has 1 N–H and O–H groups in total. The van der Waals surface area contributed by atoms with Gasteiger partial charge >= 0.3 is 0 Å². The van der Waals surface area contributed by atoms with Crippen LogP contribution in [0.15, 0.2) is 18.2 Å². The summed E-state index contributed by atoms with van der Waals surface area (Å²) in [6.45, 7) is 4.83. The van der Waals surface area contributed by atoms with Crippen molar-refractivity contribution in [2.75, 3.05) is 6.61 Å². The molecule has 1 aliphatic rings. The topological polar surface area (TPSA) is 29.5 Å². The van der Waals surface area contributed by atoms with Crippen LogP contribution in [-0.4, -0.2) is 17.0 Å². The average molecular weight is 238 g/mol. The van der Waals surface area contributed by atoms with Gasteiger partial charge in [-0.3, -0.25) is 0 Å². The fraction of sp³-hybridized carbons (Fsp3) is 0.538. The van der Waals surface area contributed by atoms with E-state index < -0.39 is 0 Å². The number of ether oxygens (including phenoxy) is 1. The van der Waals surface area contributed by atoms with Gasteiger partial charge in [-0.1, -0.05) is 19.1 Å². The van der Waals surface area contributed by atoms with Crippen LogP contribution < -0.4 is 4.74 Å². The van der Waals surface area contributed by atoms with Gasteiger partial charge in [-0.15, -0.1) is 0 Å². The molecular formula is C13H18O2S. The molecule has 0 fully saturated rings. The second-order valence-corrected chi connectivity index (χ2v) is 5.56. The molecule has 1 heterocycles. The maximum absolute atomic E-state index is 10.1. The van der Waals surface area contributed by atoms with Gasteiger partial charge in [0.25, 0.3) is 0 Å². The second kappa shape index (κ2) is 5.11. The van der Waals surface area contributed by atoms with Crippen molar-refractivity contribution in [3.63, 3.8) is 0 Å². The summed E-state index contributed by atoms with van der Waals surface area (Å²) in [6.07, 6.45) is 0.480. The van der Waals surface area contributed by atoms with Gasteiger partial charge in [0.1, 0.15) is 5.75 Å². The number of hydrogen-bond donors (Lipinski definition) is 1. The summed E-state index contributed by atoms with van der Waals surface area (Å²) in [5.41, 5.74) is 2.22. The Morgan fingerprint density at radius 1 is 1.50 bits per heavy atom. The zero-order valence-corrected chi connectivity index (χ0v) is 10.6. The molecule has 1 aromatic carbocycles. The van der Waals surface area contributed by atoms with E-state index in [4.69, 9.17) is 4.74 Å². The van der Waals surface area contributed by atoms with Gasteiger partial charge in [0, 0.05) is 16.6 Å². The predicted molar refractivity (Wildman–Crippen MR) is 67.9 cm³/mol. The van der Waals surface area contributed by atoms with Crippen molar-refractivity contribution in [3.05, 3.63) is 29.3 Å². The van der Waals surface area contributed by atoms with E-state index in [0.717, 1.165) is 23.5 Å². The van der Waals surface area contributed by atoms with E-state index in [1.807, 2.05) is 36.9 Å². The zero-order chi connectivity index (χ0) is 11.5. The summed E-state index contributed by atoms with van der Waals surface area (Å²) < 4.78 is 5.62. The Balaban J connectivity index is 2.37. The Labute approximate surface area is 101 Å². The summed E-state index contributed by atoms with van der Waals surface area (Å²) in [7, 11) is 0. The molecule has 0 radical (unpaired) electrons. The van der Waals surface area contributed by atoms with Crippen molar-refractivity contribution < 1.29 is 9.84 Å². The van der Waals surface area contributed by atoms with Crippen LogP contribution in [0.2, 0.25) is 0 Å². The molecule has 2 nitrogen and oxygen atoms in total. The summed E-state index contributed by atoms with van der Waals surface area (Å²) in [5, 5.41) is 10.6. The number of benzene rings is 1. The van der Waals surface area contributed by atoms with E-state index in [9.17, 15) is 5.11 Å². The van der Waals surface area contributed by atoms with Crippen molar-refractivity contribution in [2.45, 2.75) is 37.4 Å². The molecule has 0 bridgehead atoms. The molecule has 1 aromatic rings. The highest BCUT2D eigenvalue weighted by atomic mass is 32.2. The standard InChI is InChI=1S/C13H18O2S/c1-3-15-13-6-4-5-10-11(13)8-16-9(2)7-12(10)14/h4-6,9,12,14H,3,7-8H2,1-2H3/t9?,12-/m1/s1. The highest BCUT2D eigenvalue weighted by Gasteiger charge is 2.23. The van der Waals surface area contributed by atoms with E-state index in [1.54, 1.807) is 0 Å². The first-order valence-electron chi connectivity index (χ1n) is 5.76. The Kier molecular flexibility index (Phi) is 3.77. The third-order valence-electron chi connectivity index (χ3n) is 2.90. The Morgan fingerprint density at radius 2 is 2.31 bits per heavy atom.